The lowest BCUT2D eigenvalue weighted by Gasteiger charge is -2.22. The van der Waals surface area contributed by atoms with Crippen LogP contribution in [0.15, 0.2) is 18.3 Å². The zero-order valence-corrected chi connectivity index (χ0v) is 11.5. The van der Waals surface area contributed by atoms with Gasteiger partial charge in [-0.1, -0.05) is 12.8 Å². The Hall–Kier alpha value is -1.95. The SMILES string of the molecule is Cc1nnc2ccc(C(=O)NCC3(O)CCCC3)cn12. The number of rotatable bonds is 3. The molecule has 2 N–H and O–H groups in total. The normalized spacial score (nSPS) is 17.5. The molecule has 0 radical (unpaired) electrons. The monoisotopic (exact) mass is 274 g/mol. The summed E-state index contributed by atoms with van der Waals surface area (Å²) in [4.78, 5) is 12.1. The Morgan fingerprint density at radius 3 is 2.90 bits per heavy atom. The molecule has 20 heavy (non-hydrogen) atoms. The van der Waals surface area contributed by atoms with Gasteiger partial charge >= 0.3 is 0 Å². The van der Waals surface area contributed by atoms with Gasteiger partial charge in [-0.25, -0.2) is 0 Å². The minimum Gasteiger partial charge on any atom is -0.388 e. The highest BCUT2D eigenvalue weighted by atomic mass is 16.3. The van der Waals surface area contributed by atoms with Crippen molar-refractivity contribution < 1.29 is 9.90 Å². The molecule has 0 saturated heterocycles. The smallest absolute Gasteiger partial charge is 0.252 e. The maximum absolute atomic E-state index is 12.1. The number of aryl methyl sites for hydroxylation is 1. The fraction of sp³-hybridized carbons (Fsp3) is 0.500. The molecule has 2 heterocycles. The summed E-state index contributed by atoms with van der Waals surface area (Å²) in [6.45, 7) is 2.15. The van der Waals surface area contributed by atoms with Crippen molar-refractivity contribution in [3.8, 4) is 0 Å². The van der Waals surface area contributed by atoms with Crippen LogP contribution in [0.5, 0.6) is 0 Å². The minimum absolute atomic E-state index is 0.180. The molecule has 1 saturated carbocycles. The van der Waals surface area contributed by atoms with E-state index in [4.69, 9.17) is 0 Å². The van der Waals surface area contributed by atoms with E-state index in [1.54, 1.807) is 22.7 Å². The molecule has 0 spiro atoms. The Labute approximate surface area is 116 Å². The van der Waals surface area contributed by atoms with Gasteiger partial charge in [0.25, 0.3) is 5.91 Å². The van der Waals surface area contributed by atoms with E-state index in [1.807, 2.05) is 6.92 Å². The highest BCUT2D eigenvalue weighted by molar-refractivity contribution is 5.94. The topological polar surface area (TPSA) is 79.5 Å². The number of pyridine rings is 1. The van der Waals surface area contributed by atoms with E-state index in [9.17, 15) is 9.90 Å². The Balaban J connectivity index is 1.73. The molecule has 1 fully saturated rings. The number of carbonyl (C=O) groups is 1. The molecule has 1 amide bonds. The number of aliphatic hydroxyl groups is 1. The second-order valence-corrected chi connectivity index (χ2v) is 5.51. The fourth-order valence-electron chi connectivity index (χ4n) is 2.70. The van der Waals surface area contributed by atoms with Gasteiger partial charge in [-0.05, 0) is 31.9 Å². The zero-order valence-electron chi connectivity index (χ0n) is 11.5. The van der Waals surface area contributed by atoms with Crippen LogP contribution in [0.25, 0.3) is 5.65 Å². The lowest BCUT2D eigenvalue weighted by molar-refractivity contribution is 0.0449. The van der Waals surface area contributed by atoms with Crippen LogP contribution in [0.2, 0.25) is 0 Å². The maximum atomic E-state index is 12.1. The number of nitrogens with one attached hydrogen (secondary N) is 1. The van der Waals surface area contributed by atoms with Crippen LogP contribution in [0.4, 0.5) is 0 Å². The third kappa shape index (κ3) is 2.38. The van der Waals surface area contributed by atoms with Gasteiger partial charge in [0.1, 0.15) is 5.82 Å². The van der Waals surface area contributed by atoms with Crippen LogP contribution >= 0.6 is 0 Å². The summed E-state index contributed by atoms with van der Waals surface area (Å²) in [7, 11) is 0. The molecule has 2 aromatic heterocycles. The van der Waals surface area contributed by atoms with Crippen LogP contribution in [-0.4, -0.2) is 37.8 Å². The van der Waals surface area contributed by atoms with Crippen molar-refractivity contribution in [1.29, 1.82) is 0 Å². The first-order valence-corrected chi connectivity index (χ1v) is 6.89. The van der Waals surface area contributed by atoms with E-state index < -0.39 is 5.60 Å². The van der Waals surface area contributed by atoms with Crippen LogP contribution < -0.4 is 5.32 Å². The predicted octanol–water partition coefficient (Wildman–Crippen LogP) is 1.07. The summed E-state index contributed by atoms with van der Waals surface area (Å²) in [5, 5.41) is 21.0. The van der Waals surface area contributed by atoms with Crippen LogP contribution in [0.1, 0.15) is 41.9 Å². The fourth-order valence-corrected chi connectivity index (χ4v) is 2.70. The molecule has 0 aliphatic heterocycles. The molecular weight excluding hydrogens is 256 g/mol. The molecule has 3 rings (SSSR count). The third-order valence-electron chi connectivity index (χ3n) is 3.95. The van der Waals surface area contributed by atoms with Gasteiger partial charge in [0.05, 0.1) is 11.2 Å². The number of amides is 1. The minimum atomic E-state index is -0.730. The van der Waals surface area contributed by atoms with Crippen LogP contribution in [-0.2, 0) is 0 Å². The van der Waals surface area contributed by atoms with Crippen molar-refractivity contribution in [3.05, 3.63) is 29.7 Å². The molecule has 2 aromatic rings. The molecule has 0 aromatic carbocycles. The maximum Gasteiger partial charge on any atom is 0.252 e. The van der Waals surface area contributed by atoms with E-state index in [2.05, 4.69) is 15.5 Å². The number of fused-ring (bicyclic) bond motifs is 1. The summed E-state index contributed by atoms with van der Waals surface area (Å²) in [5.74, 6) is 0.560. The van der Waals surface area contributed by atoms with Gasteiger partial charge in [0.15, 0.2) is 5.65 Å². The standard InChI is InChI=1S/C14H18N4O2/c1-10-16-17-12-5-4-11(8-18(10)12)13(19)15-9-14(20)6-2-3-7-14/h4-5,8,20H,2-3,6-7,9H2,1H3,(H,15,19). The highest BCUT2D eigenvalue weighted by Crippen LogP contribution is 2.28. The predicted molar refractivity (Wildman–Crippen MR) is 73.5 cm³/mol. The zero-order chi connectivity index (χ0) is 14.2. The highest BCUT2D eigenvalue weighted by Gasteiger charge is 2.31. The van der Waals surface area contributed by atoms with Crippen molar-refractivity contribution in [3.63, 3.8) is 0 Å². The first-order chi connectivity index (χ1) is 9.57. The van der Waals surface area contributed by atoms with E-state index in [0.717, 1.165) is 31.5 Å². The van der Waals surface area contributed by atoms with Crippen molar-refractivity contribution in [1.82, 2.24) is 19.9 Å². The number of hydrogen-bond acceptors (Lipinski definition) is 4. The second-order valence-electron chi connectivity index (χ2n) is 5.51. The summed E-state index contributed by atoms with van der Waals surface area (Å²) < 4.78 is 1.78. The first kappa shape index (κ1) is 13.1. The molecule has 1 aliphatic rings. The van der Waals surface area contributed by atoms with Gasteiger partial charge in [0.2, 0.25) is 0 Å². The number of hydrogen-bond donors (Lipinski definition) is 2. The molecule has 106 valence electrons. The largest absolute Gasteiger partial charge is 0.388 e. The molecule has 1 aliphatic carbocycles. The average molecular weight is 274 g/mol. The van der Waals surface area contributed by atoms with Crippen molar-refractivity contribution in [2.24, 2.45) is 0 Å². The van der Waals surface area contributed by atoms with E-state index in [1.165, 1.54) is 0 Å². The lowest BCUT2D eigenvalue weighted by atomic mass is 10.0. The number of carbonyl (C=O) groups excluding carboxylic acids is 1. The molecule has 6 heteroatoms. The third-order valence-corrected chi connectivity index (χ3v) is 3.95. The van der Waals surface area contributed by atoms with Gasteiger partial charge in [-0.15, -0.1) is 10.2 Å². The van der Waals surface area contributed by atoms with E-state index in [0.29, 0.717) is 17.8 Å². The van der Waals surface area contributed by atoms with Crippen molar-refractivity contribution in [2.45, 2.75) is 38.2 Å². The molecule has 0 bridgehead atoms. The molecular formula is C14H18N4O2. The van der Waals surface area contributed by atoms with Crippen LogP contribution in [0, 0.1) is 6.92 Å². The summed E-state index contributed by atoms with van der Waals surface area (Å²) >= 11 is 0. The van der Waals surface area contributed by atoms with Gasteiger partial charge in [0, 0.05) is 12.7 Å². The number of aromatic nitrogens is 3. The van der Waals surface area contributed by atoms with Crippen LogP contribution in [0.3, 0.4) is 0 Å². The van der Waals surface area contributed by atoms with Gasteiger partial charge in [-0.2, -0.15) is 0 Å². The molecule has 6 nitrogen and oxygen atoms in total. The Bertz CT molecular complexity index is 644. The molecule has 0 atom stereocenters. The Morgan fingerprint density at radius 1 is 1.40 bits per heavy atom. The van der Waals surface area contributed by atoms with Crippen molar-refractivity contribution >= 4 is 11.6 Å². The lowest BCUT2D eigenvalue weighted by Crippen LogP contribution is -2.40. The summed E-state index contributed by atoms with van der Waals surface area (Å²) in [5.41, 5.74) is 0.530. The van der Waals surface area contributed by atoms with Gasteiger partial charge < -0.3 is 10.4 Å². The van der Waals surface area contributed by atoms with E-state index in [-0.39, 0.29) is 5.91 Å². The quantitative estimate of drug-likeness (QED) is 0.877. The average Bonchev–Trinajstić information content (AvgIpc) is 3.04. The number of nitrogens with zero attached hydrogens (tertiary/aromatic N) is 3. The Morgan fingerprint density at radius 2 is 2.15 bits per heavy atom. The Kier molecular flexibility index (Phi) is 3.17. The second kappa shape index (κ2) is 4.86. The molecule has 0 unspecified atom stereocenters. The van der Waals surface area contributed by atoms with Crippen molar-refractivity contribution in [2.75, 3.05) is 6.54 Å². The summed E-state index contributed by atoms with van der Waals surface area (Å²) in [6.07, 6.45) is 5.29. The summed E-state index contributed by atoms with van der Waals surface area (Å²) in [6, 6.07) is 3.48. The van der Waals surface area contributed by atoms with Gasteiger partial charge in [-0.3, -0.25) is 9.20 Å². The van der Waals surface area contributed by atoms with E-state index >= 15 is 0 Å². The first-order valence-electron chi connectivity index (χ1n) is 6.89.